The topological polar surface area (TPSA) is 166 Å². The average Bonchev–Trinajstić information content (AvgIpc) is 3.46. The fourth-order valence-electron chi connectivity index (χ4n) is 6.97. The lowest BCUT2D eigenvalue weighted by Crippen LogP contribution is -2.56. The number of carboxylic acid groups (broad SMARTS) is 1. The number of aliphatic hydroxyl groups excluding tert-OH is 1. The van der Waals surface area contributed by atoms with Crippen LogP contribution in [0.2, 0.25) is 0 Å². The molecule has 268 valence electrons. The molecule has 0 aromatic heterocycles. The van der Waals surface area contributed by atoms with E-state index >= 15 is 0 Å². The van der Waals surface area contributed by atoms with E-state index in [1.54, 1.807) is 18.2 Å². The Morgan fingerprint density at radius 1 is 0.900 bits per heavy atom. The number of halogens is 2. The number of carbonyl (C=O) groups is 3. The maximum atomic E-state index is 14.1. The van der Waals surface area contributed by atoms with Crippen molar-refractivity contribution in [3.8, 4) is 0 Å². The fraction of sp³-hybridized carbons (Fsp3) is 0.400. The summed E-state index contributed by atoms with van der Waals surface area (Å²) in [5.74, 6) is -2.90. The van der Waals surface area contributed by atoms with Crippen molar-refractivity contribution in [1.29, 1.82) is 0 Å². The molecule has 1 aliphatic heterocycles. The number of methoxy groups -OCH3 is 1. The van der Waals surface area contributed by atoms with E-state index < -0.39 is 69.9 Å². The van der Waals surface area contributed by atoms with Gasteiger partial charge in [0.05, 0.1) is 18.1 Å². The summed E-state index contributed by atoms with van der Waals surface area (Å²) in [5, 5.41) is 25.9. The number of hydrogen-bond acceptors (Lipinski definition) is 7. The van der Waals surface area contributed by atoms with Gasteiger partial charge in [0.15, 0.2) is 0 Å². The molecule has 0 bridgehead atoms. The first-order valence-corrected chi connectivity index (χ1v) is 17.7. The zero-order valence-electron chi connectivity index (χ0n) is 27.3. The third-order valence-corrected chi connectivity index (χ3v) is 11.4. The Balaban J connectivity index is 1.38. The molecule has 2 aliphatic rings. The van der Waals surface area contributed by atoms with Crippen molar-refractivity contribution in [2.45, 2.75) is 60.7 Å². The normalized spacial score (nSPS) is 21.8. The number of piperazine rings is 1. The lowest BCUT2D eigenvalue weighted by Gasteiger charge is -2.40. The monoisotopic (exact) mass is 714 g/mol. The Kier molecular flexibility index (Phi) is 11.7. The van der Waals surface area contributed by atoms with E-state index in [9.17, 15) is 41.8 Å². The fourth-order valence-corrected chi connectivity index (χ4v) is 8.62. The summed E-state index contributed by atoms with van der Waals surface area (Å²) in [7, 11) is -2.81. The SMILES string of the molecule is COC(=O)N[C@@H](C(=O)NC1CC(O)CC1CCC1CN(C(=O)O)CCN1S(=O)(=O)c1ccccc1)C(c1ccc(F)cc1)c1ccc(F)cc1. The van der Waals surface area contributed by atoms with E-state index in [1.165, 1.54) is 69.9 Å². The quantitative estimate of drug-likeness (QED) is 0.232. The highest BCUT2D eigenvalue weighted by Gasteiger charge is 2.41. The second-order valence-corrected chi connectivity index (χ2v) is 14.5. The highest BCUT2D eigenvalue weighted by Crippen LogP contribution is 2.34. The predicted octanol–water partition coefficient (Wildman–Crippen LogP) is 3.91. The minimum Gasteiger partial charge on any atom is -0.465 e. The lowest BCUT2D eigenvalue weighted by molar-refractivity contribution is -0.124. The molecular formula is C35H40F2N4O8S. The third kappa shape index (κ3) is 8.57. The number of nitrogens with one attached hydrogen (secondary N) is 2. The molecule has 3 aromatic rings. The van der Waals surface area contributed by atoms with Gasteiger partial charge in [-0.15, -0.1) is 0 Å². The standard InChI is InChI=1S/C35H40F2N4O8S/c1-49-34(44)39-32(31(22-7-12-25(36)13-8-22)23-9-14-26(37)15-10-23)33(43)38-30-20-28(42)19-24(30)11-16-27-21-40(35(45)46)17-18-41(27)50(47,48)29-5-3-2-4-6-29/h2-10,12-15,24,27-28,30-32,42H,11,16-21H2,1H3,(H,38,43)(H,39,44)(H,45,46)/t24?,27?,28?,30?,32-/m1/s1. The largest absolute Gasteiger partial charge is 0.465 e. The van der Waals surface area contributed by atoms with Gasteiger partial charge in [0.1, 0.15) is 17.7 Å². The van der Waals surface area contributed by atoms with E-state index in [0.29, 0.717) is 24.0 Å². The predicted molar refractivity (Wildman–Crippen MR) is 178 cm³/mol. The van der Waals surface area contributed by atoms with Gasteiger partial charge in [-0.25, -0.2) is 26.8 Å². The van der Waals surface area contributed by atoms with Crippen LogP contribution in [0.15, 0.2) is 83.8 Å². The summed E-state index contributed by atoms with van der Waals surface area (Å²) >= 11 is 0. The molecule has 5 atom stereocenters. The maximum Gasteiger partial charge on any atom is 0.407 e. The summed E-state index contributed by atoms with van der Waals surface area (Å²) in [6, 6.07) is 16.0. The molecule has 4 unspecified atom stereocenters. The highest BCUT2D eigenvalue weighted by molar-refractivity contribution is 7.89. The summed E-state index contributed by atoms with van der Waals surface area (Å²) < 4.78 is 61.2. The molecule has 1 heterocycles. The van der Waals surface area contributed by atoms with Crippen LogP contribution in [-0.4, -0.2) is 96.9 Å². The Morgan fingerprint density at radius 3 is 2.06 bits per heavy atom. The molecule has 0 radical (unpaired) electrons. The molecule has 1 saturated carbocycles. The molecule has 1 aliphatic carbocycles. The average molecular weight is 715 g/mol. The van der Waals surface area contributed by atoms with Gasteiger partial charge in [0, 0.05) is 37.6 Å². The lowest BCUT2D eigenvalue weighted by atomic mass is 9.84. The first-order chi connectivity index (χ1) is 23.9. The van der Waals surface area contributed by atoms with E-state index in [4.69, 9.17) is 4.74 Å². The van der Waals surface area contributed by atoms with Gasteiger partial charge in [0.2, 0.25) is 15.9 Å². The van der Waals surface area contributed by atoms with Gasteiger partial charge in [-0.3, -0.25) is 4.79 Å². The Hall–Kier alpha value is -4.60. The van der Waals surface area contributed by atoms with E-state index in [1.807, 2.05) is 0 Å². The minimum absolute atomic E-state index is 0.0105. The molecule has 5 rings (SSSR count). The van der Waals surface area contributed by atoms with Crippen LogP contribution < -0.4 is 10.6 Å². The van der Waals surface area contributed by atoms with Crippen LogP contribution in [0.25, 0.3) is 0 Å². The summed E-state index contributed by atoms with van der Waals surface area (Å²) in [5.41, 5.74) is 0.912. The van der Waals surface area contributed by atoms with Crippen LogP contribution in [0.1, 0.15) is 42.7 Å². The number of amides is 3. The van der Waals surface area contributed by atoms with Gasteiger partial charge in [-0.1, -0.05) is 42.5 Å². The minimum atomic E-state index is -3.95. The maximum absolute atomic E-state index is 14.1. The number of rotatable bonds is 11. The van der Waals surface area contributed by atoms with E-state index in [2.05, 4.69) is 10.6 Å². The molecule has 12 nitrogen and oxygen atoms in total. The number of alkyl carbamates (subject to hydrolysis) is 1. The number of nitrogens with zero attached hydrogens (tertiary/aromatic N) is 2. The van der Waals surface area contributed by atoms with Crippen molar-refractivity contribution >= 4 is 28.1 Å². The number of ether oxygens (including phenoxy) is 1. The third-order valence-electron chi connectivity index (χ3n) is 9.45. The molecule has 1 saturated heterocycles. The van der Waals surface area contributed by atoms with Crippen molar-refractivity contribution in [2.75, 3.05) is 26.7 Å². The number of hydrogen-bond donors (Lipinski definition) is 4. The molecule has 0 spiro atoms. The molecule has 15 heteroatoms. The van der Waals surface area contributed by atoms with Crippen molar-refractivity contribution in [2.24, 2.45) is 5.92 Å². The molecule has 2 fully saturated rings. The van der Waals surface area contributed by atoms with Gasteiger partial charge in [-0.05, 0) is 79.1 Å². The second kappa shape index (κ2) is 16.0. The first-order valence-electron chi connectivity index (χ1n) is 16.3. The van der Waals surface area contributed by atoms with Gasteiger partial charge in [0.25, 0.3) is 0 Å². The van der Waals surface area contributed by atoms with Crippen LogP contribution in [0.4, 0.5) is 18.4 Å². The molecular weight excluding hydrogens is 674 g/mol. The summed E-state index contributed by atoms with van der Waals surface area (Å²) in [6.07, 6.45) is -1.80. The van der Waals surface area contributed by atoms with Gasteiger partial charge in [-0.2, -0.15) is 4.31 Å². The summed E-state index contributed by atoms with van der Waals surface area (Å²) in [6.45, 7) is -0.0664. The molecule has 3 amide bonds. The second-order valence-electron chi connectivity index (χ2n) is 12.6. The zero-order chi connectivity index (χ0) is 36.0. The number of sulfonamides is 1. The Morgan fingerprint density at radius 2 is 1.50 bits per heavy atom. The van der Waals surface area contributed by atoms with E-state index in [0.717, 1.165) is 7.11 Å². The highest BCUT2D eigenvalue weighted by atomic mass is 32.2. The molecule has 3 aromatic carbocycles. The smallest absolute Gasteiger partial charge is 0.407 e. The van der Waals surface area contributed by atoms with Gasteiger partial charge < -0.3 is 30.5 Å². The van der Waals surface area contributed by atoms with Crippen LogP contribution in [-0.2, 0) is 19.6 Å². The molecule has 4 N–H and O–H groups in total. The summed E-state index contributed by atoms with van der Waals surface area (Å²) in [4.78, 5) is 39.8. The Labute approximate surface area is 289 Å². The number of aliphatic hydroxyl groups is 1. The zero-order valence-corrected chi connectivity index (χ0v) is 28.1. The van der Waals surface area contributed by atoms with Crippen molar-refractivity contribution in [3.63, 3.8) is 0 Å². The molecule has 50 heavy (non-hydrogen) atoms. The van der Waals surface area contributed by atoms with Crippen LogP contribution >= 0.6 is 0 Å². The number of benzene rings is 3. The van der Waals surface area contributed by atoms with Crippen molar-refractivity contribution in [1.82, 2.24) is 19.8 Å². The van der Waals surface area contributed by atoms with Crippen LogP contribution in [0, 0.1) is 17.6 Å². The van der Waals surface area contributed by atoms with Crippen LogP contribution in [0.5, 0.6) is 0 Å². The Bertz CT molecular complexity index is 1700. The van der Waals surface area contributed by atoms with Crippen molar-refractivity contribution in [3.05, 3.63) is 102 Å². The van der Waals surface area contributed by atoms with E-state index in [-0.39, 0.29) is 43.3 Å². The first kappa shape index (κ1) is 36.7. The number of carbonyl (C=O) groups excluding carboxylic acids is 2. The van der Waals surface area contributed by atoms with Crippen LogP contribution in [0.3, 0.4) is 0 Å². The van der Waals surface area contributed by atoms with Gasteiger partial charge >= 0.3 is 12.2 Å². The van der Waals surface area contributed by atoms with Crippen molar-refractivity contribution < 1.29 is 46.5 Å².